The van der Waals surface area contributed by atoms with Crippen LogP contribution in [0.3, 0.4) is 0 Å². The molecule has 0 radical (unpaired) electrons. The number of benzene rings is 1. The molecule has 11 nitrogen and oxygen atoms in total. The molecule has 13 heteroatoms. The summed E-state index contributed by atoms with van der Waals surface area (Å²) in [6.45, 7) is 17.5. The van der Waals surface area contributed by atoms with Crippen molar-refractivity contribution >= 4 is 67.0 Å². The number of halogens is 1. The van der Waals surface area contributed by atoms with Gasteiger partial charge in [0.2, 0.25) is 11.8 Å². The van der Waals surface area contributed by atoms with E-state index in [0.29, 0.717) is 34.2 Å². The number of ketones is 1. The summed E-state index contributed by atoms with van der Waals surface area (Å²) in [6.07, 6.45) is 5.72. The van der Waals surface area contributed by atoms with Crippen LogP contribution < -0.4 is 15.4 Å². The number of anilines is 1. The van der Waals surface area contributed by atoms with Gasteiger partial charge in [-0.05, 0) is 83.3 Å². The third-order valence-corrected chi connectivity index (χ3v) is 12.8. The second-order valence-corrected chi connectivity index (χ2v) is 18.5. The van der Waals surface area contributed by atoms with E-state index in [1.807, 2.05) is 71.2 Å². The van der Waals surface area contributed by atoms with E-state index in [2.05, 4.69) is 45.1 Å². The van der Waals surface area contributed by atoms with Crippen LogP contribution in [0.15, 0.2) is 40.7 Å². The first-order valence-corrected chi connectivity index (χ1v) is 20.6. The molecule has 0 spiro atoms. The van der Waals surface area contributed by atoms with E-state index in [-0.39, 0.29) is 53.9 Å². The number of carbonyl (C=O) groups excluding carboxylic acids is 4. The number of aryl methyl sites for hydroxylation is 1. The second kappa shape index (κ2) is 15.7. The van der Waals surface area contributed by atoms with Gasteiger partial charge in [0.25, 0.3) is 0 Å². The number of allylic oxidation sites excluding steroid dienone is 1. The summed E-state index contributed by atoms with van der Waals surface area (Å²) in [7, 11) is 0. The third-order valence-electron chi connectivity index (χ3n) is 11.0. The first kappa shape index (κ1) is 39.8. The first-order chi connectivity index (χ1) is 25.5. The van der Waals surface area contributed by atoms with Gasteiger partial charge in [0.1, 0.15) is 29.7 Å². The number of aromatic nitrogens is 2. The van der Waals surface area contributed by atoms with E-state index in [9.17, 15) is 19.2 Å². The maximum atomic E-state index is 14.6. The lowest BCUT2D eigenvalue weighted by Crippen LogP contribution is -2.57. The number of ether oxygens (including phenoxy) is 2. The Bertz CT molecular complexity index is 1950. The summed E-state index contributed by atoms with van der Waals surface area (Å²) in [5.41, 5.74) is 1.93. The summed E-state index contributed by atoms with van der Waals surface area (Å²) in [6, 6.07) is 4.09. The number of hydrogen-bond acceptors (Lipinski definition) is 9. The molecule has 54 heavy (non-hydrogen) atoms. The molecule has 1 aromatic carbocycles. The maximum absolute atomic E-state index is 14.6. The van der Waals surface area contributed by atoms with Crippen molar-refractivity contribution in [3.63, 3.8) is 0 Å². The van der Waals surface area contributed by atoms with Crippen molar-refractivity contribution in [1.29, 1.82) is 0 Å². The van der Waals surface area contributed by atoms with Gasteiger partial charge in [-0.25, -0.2) is 14.8 Å². The van der Waals surface area contributed by atoms with E-state index < -0.39 is 29.7 Å². The van der Waals surface area contributed by atoms with Crippen LogP contribution in [0.1, 0.15) is 92.1 Å². The minimum Gasteiger partial charge on any atom is -0.488 e. The molecule has 290 valence electrons. The molecule has 2 N–H and O–H groups in total. The van der Waals surface area contributed by atoms with E-state index in [1.54, 1.807) is 4.90 Å². The van der Waals surface area contributed by atoms with Gasteiger partial charge in [0, 0.05) is 40.1 Å². The monoisotopic (exact) mass is 821 g/mol. The molecule has 3 aliphatic rings. The molecule has 0 unspecified atom stereocenters. The normalized spacial score (nSPS) is 23.4. The molecule has 5 atom stereocenters. The fourth-order valence-electron chi connectivity index (χ4n) is 7.52. The molecule has 0 bridgehead atoms. The standard InChI is InChI=1S/C41H52BrN5O6S/c1-9-24-18-41(24,8)19-31(48)30-16-26(20-47(30)37(50)35(40(5,6)7)45-39(51)53-25-12-10-11-13-25)52-32-17-28(43-34-27(32)15-14-23(4)33(34)42)29-21-54-38(44-29)46-36(49)22(2)3/h9,14-15,17,21-22,24-26,30,35H,1,10-13,16,18-20H2,2-8H3,(H,45,51)(H,44,46,49)/t24-,26+,30+,35-,41+/m1/s1. The Hall–Kier alpha value is -3.84. The van der Waals surface area contributed by atoms with E-state index in [0.717, 1.165) is 47.5 Å². The lowest BCUT2D eigenvalue weighted by molar-refractivity contribution is -0.141. The lowest BCUT2D eigenvalue weighted by atomic mass is 9.85. The summed E-state index contributed by atoms with van der Waals surface area (Å²) in [4.78, 5) is 65.6. The van der Waals surface area contributed by atoms with Gasteiger partial charge in [0.05, 0.1) is 23.8 Å². The van der Waals surface area contributed by atoms with Gasteiger partial charge >= 0.3 is 6.09 Å². The van der Waals surface area contributed by atoms with Crippen molar-refractivity contribution in [2.75, 3.05) is 11.9 Å². The maximum Gasteiger partial charge on any atom is 0.408 e. The van der Waals surface area contributed by atoms with Crippen LogP contribution in [0, 0.1) is 29.6 Å². The average molecular weight is 823 g/mol. The SMILES string of the molecule is C=C[C@@H]1C[C@@]1(C)CC(=O)[C@@H]1C[C@H](Oc2cc(-c3csc(NC(=O)C(C)C)n3)nc3c(Br)c(C)ccc23)CN1C(=O)[C@@H](NC(=O)OC1CCCC1)C(C)(C)C. The van der Waals surface area contributed by atoms with Gasteiger partial charge in [-0.2, -0.15) is 0 Å². The number of hydrogen-bond donors (Lipinski definition) is 2. The quantitative estimate of drug-likeness (QED) is 0.173. The first-order valence-electron chi connectivity index (χ1n) is 18.9. The van der Waals surface area contributed by atoms with Crippen molar-refractivity contribution in [2.24, 2.45) is 22.7 Å². The van der Waals surface area contributed by atoms with Crippen LogP contribution in [-0.4, -0.2) is 69.4 Å². The van der Waals surface area contributed by atoms with Gasteiger partial charge in [-0.15, -0.1) is 17.9 Å². The van der Waals surface area contributed by atoms with Crippen molar-refractivity contribution < 1.29 is 28.7 Å². The number of Topliss-reactive ketones (excluding diaryl/α,β-unsaturated/α-hetero) is 1. The van der Waals surface area contributed by atoms with Crippen LogP contribution in [0.25, 0.3) is 22.3 Å². The highest BCUT2D eigenvalue weighted by Gasteiger charge is 2.52. The van der Waals surface area contributed by atoms with Gasteiger partial charge in [-0.3, -0.25) is 14.4 Å². The van der Waals surface area contributed by atoms with E-state index in [4.69, 9.17) is 14.5 Å². The molecule has 2 aliphatic carbocycles. The number of nitrogens with zero attached hydrogens (tertiary/aromatic N) is 3. The molecule has 1 saturated heterocycles. The molecule has 3 aromatic rings. The Labute approximate surface area is 330 Å². The summed E-state index contributed by atoms with van der Waals surface area (Å²) in [5, 5.41) is 8.81. The highest BCUT2D eigenvalue weighted by molar-refractivity contribution is 9.10. The van der Waals surface area contributed by atoms with Crippen LogP contribution in [0.5, 0.6) is 5.75 Å². The summed E-state index contributed by atoms with van der Waals surface area (Å²) < 4.78 is 13.3. The van der Waals surface area contributed by atoms with Crippen LogP contribution in [0.2, 0.25) is 0 Å². The topological polar surface area (TPSA) is 140 Å². The molecule has 2 saturated carbocycles. The van der Waals surface area contributed by atoms with Crippen LogP contribution >= 0.6 is 27.3 Å². The molecule has 1 aliphatic heterocycles. The number of carbonyl (C=O) groups is 4. The predicted molar refractivity (Wildman–Crippen MR) is 214 cm³/mol. The molecular weight excluding hydrogens is 770 g/mol. The zero-order valence-electron chi connectivity index (χ0n) is 32.3. The number of likely N-dealkylation sites (tertiary alicyclic amines) is 1. The molecule has 6 rings (SSSR count). The lowest BCUT2D eigenvalue weighted by Gasteiger charge is -2.35. The molecule has 3 amide bonds. The smallest absolute Gasteiger partial charge is 0.408 e. The molecule has 2 aromatic heterocycles. The van der Waals surface area contributed by atoms with Gasteiger partial charge < -0.3 is 25.0 Å². The second-order valence-electron chi connectivity index (χ2n) is 16.9. The Morgan fingerprint density at radius 3 is 2.50 bits per heavy atom. The van der Waals surface area contributed by atoms with Crippen molar-refractivity contribution in [3.05, 3.63) is 46.3 Å². The molecule has 3 heterocycles. The minimum absolute atomic E-state index is 0.0282. The highest BCUT2D eigenvalue weighted by atomic mass is 79.9. The predicted octanol–water partition coefficient (Wildman–Crippen LogP) is 8.63. The number of thiazole rings is 1. The number of amides is 3. The number of rotatable bonds is 12. The minimum atomic E-state index is -0.930. The Morgan fingerprint density at radius 2 is 1.85 bits per heavy atom. The Balaban J connectivity index is 1.31. The zero-order chi connectivity index (χ0) is 39.1. The van der Waals surface area contributed by atoms with Gasteiger partial charge in [-0.1, -0.05) is 53.7 Å². The zero-order valence-corrected chi connectivity index (χ0v) is 34.7. The highest BCUT2D eigenvalue weighted by Crippen LogP contribution is 2.56. The fourth-order valence-corrected chi connectivity index (χ4v) is 8.66. The fraction of sp³-hybridized carbons (Fsp3) is 0.561. The van der Waals surface area contributed by atoms with Crippen molar-refractivity contribution in [2.45, 2.75) is 118 Å². The average Bonchev–Trinajstić information content (AvgIpc) is 3.60. The molecular formula is C41H52BrN5O6S. The largest absolute Gasteiger partial charge is 0.488 e. The molecule has 3 fully saturated rings. The summed E-state index contributed by atoms with van der Waals surface area (Å²) >= 11 is 5.04. The number of pyridine rings is 1. The number of fused-ring (bicyclic) bond motifs is 1. The van der Waals surface area contributed by atoms with Crippen molar-refractivity contribution in [1.82, 2.24) is 20.2 Å². The van der Waals surface area contributed by atoms with E-state index >= 15 is 0 Å². The van der Waals surface area contributed by atoms with Crippen molar-refractivity contribution in [3.8, 4) is 17.1 Å². The number of nitrogens with one attached hydrogen (secondary N) is 2. The van der Waals surface area contributed by atoms with E-state index in [1.165, 1.54) is 11.3 Å². The summed E-state index contributed by atoms with van der Waals surface area (Å²) in [5.74, 6) is 0.0995. The Kier molecular flexibility index (Phi) is 11.6. The van der Waals surface area contributed by atoms with Crippen LogP contribution in [-0.2, 0) is 19.1 Å². The van der Waals surface area contributed by atoms with Crippen LogP contribution in [0.4, 0.5) is 9.93 Å². The Morgan fingerprint density at radius 1 is 1.13 bits per heavy atom. The third kappa shape index (κ3) is 8.67. The van der Waals surface area contributed by atoms with Gasteiger partial charge in [0.15, 0.2) is 10.9 Å². The number of alkyl carbamates (subject to hydrolysis) is 1.